The summed E-state index contributed by atoms with van der Waals surface area (Å²) in [4.78, 5) is 15.5. The lowest BCUT2D eigenvalue weighted by Crippen LogP contribution is -2.49. The standard InChI is InChI=1S/C16H23F3N2O3/c1-10(2)12(22)8-13(23)21-15(3,4)9-24-14-11(16(17,18)19)6-5-7-20-14/h5-7,10,12,22H,8-9H2,1-4H3,(H,21,23). The molecule has 24 heavy (non-hydrogen) atoms. The van der Waals surface area contributed by atoms with Crippen molar-refractivity contribution in [1.82, 2.24) is 10.3 Å². The van der Waals surface area contributed by atoms with Crippen molar-refractivity contribution < 1.29 is 27.8 Å². The first-order valence-corrected chi connectivity index (χ1v) is 7.56. The molecule has 1 unspecified atom stereocenters. The summed E-state index contributed by atoms with van der Waals surface area (Å²) < 4.78 is 43.8. The van der Waals surface area contributed by atoms with Crippen LogP contribution in [0.15, 0.2) is 18.3 Å². The van der Waals surface area contributed by atoms with Crippen LogP contribution < -0.4 is 10.1 Å². The molecule has 1 rings (SSSR count). The molecular weight excluding hydrogens is 325 g/mol. The number of aliphatic hydroxyl groups excluding tert-OH is 1. The number of alkyl halides is 3. The molecule has 1 amide bonds. The molecule has 136 valence electrons. The van der Waals surface area contributed by atoms with Gasteiger partial charge in [0.15, 0.2) is 0 Å². The molecule has 0 aromatic carbocycles. The van der Waals surface area contributed by atoms with Crippen molar-refractivity contribution in [2.24, 2.45) is 5.92 Å². The van der Waals surface area contributed by atoms with Crippen LogP contribution in [0.2, 0.25) is 0 Å². The van der Waals surface area contributed by atoms with Crippen molar-refractivity contribution in [3.8, 4) is 5.88 Å². The molecule has 1 heterocycles. The van der Waals surface area contributed by atoms with Gasteiger partial charge in [0, 0.05) is 6.20 Å². The maximum atomic E-state index is 12.9. The van der Waals surface area contributed by atoms with Gasteiger partial charge in [-0.25, -0.2) is 4.98 Å². The number of hydrogen-bond acceptors (Lipinski definition) is 4. The van der Waals surface area contributed by atoms with Crippen molar-refractivity contribution in [3.63, 3.8) is 0 Å². The highest BCUT2D eigenvalue weighted by molar-refractivity contribution is 5.77. The zero-order chi connectivity index (χ0) is 18.5. The van der Waals surface area contributed by atoms with Gasteiger partial charge in [-0.2, -0.15) is 13.2 Å². The summed E-state index contributed by atoms with van der Waals surface area (Å²) in [5, 5.41) is 12.3. The predicted octanol–water partition coefficient (Wildman–Crippen LogP) is 2.78. The molecule has 0 radical (unpaired) electrons. The van der Waals surface area contributed by atoms with Crippen LogP contribution in [0.3, 0.4) is 0 Å². The number of amides is 1. The van der Waals surface area contributed by atoms with E-state index >= 15 is 0 Å². The molecular formula is C16H23F3N2O3. The zero-order valence-electron chi connectivity index (χ0n) is 14.1. The van der Waals surface area contributed by atoms with Crippen LogP contribution in [0.4, 0.5) is 13.2 Å². The van der Waals surface area contributed by atoms with Gasteiger partial charge in [0.25, 0.3) is 0 Å². The van der Waals surface area contributed by atoms with Gasteiger partial charge >= 0.3 is 6.18 Å². The number of carbonyl (C=O) groups is 1. The normalized spacial score (nSPS) is 13.7. The Labute approximate surface area is 139 Å². The van der Waals surface area contributed by atoms with Crippen LogP contribution in [-0.4, -0.2) is 34.2 Å². The van der Waals surface area contributed by atoms with Gasteiger partial charge in [-0.1, -0.05) is 13.8 Å². The van der Waals surface area contributed by atoms with Gasteiger partial charge in [0.1, 0.15) is 12.2 Å². The van der Waals surface area contributed by atoms with E-state index in [4.69, 9.17) is 4.74 Å². The number of halogens is 3. The quantitative estimate of drug-likeness (QED) is 0.795. The average molecular weight is 348 g/mol. The Morgan fingerprint density at radius 3 is 2.54 bits per heavy atom. The summed E-state index contributed by atoms with van der Waals surface area (Å²) in [6, 6.07) is 2.06. The number of rotatable bonds is 7. The molecule has 1 aromatic heterocycles. The summed E-state index contributed by atoms with van der Waals surface area (Å²) in [7, 11) is 0. The fourth-order valence-corrected chi connectivity index (χ4v) is 1.86. The number of ether oxygens (including phenoxy) is 1. The Morgan fingerprint density at radius 1 is 1.38 bits per heavy atom. The molecule has 0 bridgehead atoms. The number of carbonyl (C=O) groups excluding carboxylic acids is 1. The molecule has 2 N–H and O–H groups in total. The Morgan fingerprint density at radius 2 is 2.00 bits per heavy atom. The lowest BCUT2D eigenvalue weighted by Gasteiger charge is -2.27. The number of nitrogens with one attached hydrogen (secondary N) is 1. The molecule has 8 heteroatoms. The molecule has 1 atom stereocenters. The van der Waals surface area contributed by atoms with Gasteiger partial charge < -0.3 is 15.2 Å². The third-order valence-electron chi connectivity index (χ3n) is 3.29. The maximum Gasteiger partial charge on any atom is 0.421 e. The van der Waals surface area contributed by atoms with Crippen LogP contribution >= 0.6 is 0 Å². The molecule has 1 aromatic rings. The molecule has 0 aliphatic carbocycles. The summed E-state index contributed by atoms with van der Waals surface area (Å²) >= 11 is 0. The first-order valence-electron chi connectivity index (χ1n) is 7.56. The van der Waals surface area contributed by atoms with E-state index in [2.05, 4.69) is 10.3 Å². The predicted molar refractivity (Wildman–Crippen MR) is 82.4 cm³/mol. The van der Waals surface area contributed by atoms with E-state index in [9.17, 15) is 23.1 Å². The number of hydrogen-bond donors (Lipinski definition) is 2. The molecule has 5 nitrogen and oxygen atoms in total. The fraction of sp³-hybridized carbons (Fsp3) is 0.625. The van der Waals surface area contributed by atoms with Gasteiger partial charge in [0.2, 0.25) is 11.8 Å². The van der Waals surface area contributed by atoms with E-state index in [1.807, 2.05) is 0 Å². The highest BCUT2D eigenvalue weighted by atomic mass is 19.4. The number of aliphatic hydroxyl groups is 1. The van der Waals surface area contributed by atoms with E-state index in [1.165, 1.54) is 12.3 Å². The summed E-state index contributed by atoms with van der Waals surface area (Å²) in [6.07, 6.45) is -4.24. The lowest BCUT2D eigenvalue weighted by molar-refractivity contribution is -0.139. The topological polar surface area (TPSA) is 71.5 Å². The van der Waals surface area contributed by atoms with Crippen LogP contribution in [0.5, 0.6) is 5.88 Å². The monoisotopic (exact) mass is 348 g/mol. The number of pyridine rings is 1. The summed E-state index contributed by atoms with van der Waals surface area (Å²) in [5.74, 6) is -1.01. The van der Waals surface area contributed by atoms with Gasteiger partial charge in [-0.15, -0.1) is 0 Å². The minimum absolute atomic E-state index is 0.0713. The van der Waals surface area contributed by atoms with Crippen LogP contribution in [-0.2, 0) is 11.0 Å². The van der Waals surface area contributed by atoms with Crippen molar-refractivity contribution in [3.05, 3.63) is 23.9 Å². The second-order valence-corrected chi connectivity index (χ2v) is 6.59. The Balaban J connectivity index is 2.68. The third kappa shape index (κ3) is 6.35. The smallest absolute Gasteiger partial charge is 0.421 e. The SMILES string of the molecule is CC(C)C(O)CC(=O)NC(C)(C)COc1ncccc1C(F)(F)F. The van der Waals surface area contributed by atoms with Crippen molar-refractivity contribution in [1.29, 1.82) is 0 Å². The molecule has 0 aliphatic heterocycles. The average Bonchev–Trinajstić information content (AvgIpc) is 2.43. The minimum atomic E-state index is -4.57. The molecule has 0 fully saturated rings. The van der Waals surface area contributed by atoms with E-state index in [0.717, 1.165) is 6.07 Å². The van der Waals surface area contributed by atoms with Crippen LogP contribution in [0.25, 0.3) is 0 Å². The molecule has 0 aliphatic rings. The van der Waals surface area contributed by atoms with Crippen molar-refractivity contribution in [2.45, 2.75) is 51.9 Å². The van der Waals surface area contributed by atoms with Crippen molar-refractivity contribution in [2.75, 3.05) is 6.61 Å². The number of nitrogens with zero attached hydrogens (tertiary/aromatic N) is 1. The second-order valence-electron chi connectivity index (χ2n) is 6.59. The molecule has 0 spiro atoms. The highest BCUT2D eigenvalue weighted by Gasteiger charge is 2.35. The first-order chi connectivity index (χ1) is 10.9. The maximum absolute atomic E-state index is 12.9. The van der Waals surface area contributed by atoms with E-state index in [-0.39, 0.29) is 18.9 Å². The van der Waals surface area contributed by atoms with E-state index < -0.39 is 35.2 Å². The lowest BCUT2D eigenvalue weighted by atomic mass is 10.0. The fourth-order valence-electron chi connectivity index (χ4n) is 1.86. The van der Waals surface area contributed by atoms with Gasteiger partial charge in [0.05, 0.1) is 18.1 Å². The highest BCUT2D eigenvalue weighted by Crippen LogP contribution is 2.34. The zero-order valence-corrected chi connectivity index (χ0v) is 14.1. The van der Waals surface area contributed by atoms with E-state index in [1.54, 1.807) is 27.7 Å². The number of aromatic nitrogens is 1. The molecule has 0 saturated carbocycles. The third-order valence-corrected chi connectivity index (χ3v) is 3.29. The van der Waals surface area contributed by atoms with Crippen LogP contribution in [0.1, 0.15) is 39.7 Å². The largest absolute Gasteiger partial charge is 0.475 e. The Kier molecular flexibility index (Phi) is 6.59. The minimum Gasteiger partial charge on any atom is -0.475 e. The van der Waals surface area contributed by atoms with Crippen molar-refractivity contribution >= 4 is 5.91 Å². The second kappa shape index (κ2) is 7.83. The van der Waals surface area contributed by atoms with Crippen LogP contribution in [0, 0.1) is 5.92 Å². The van der Waals surface area contributed by atoms with Gasteiger partial charge in [-0.05, 0) is 31.9 Å². The Hall–Kier alpha value is -1.83. The van der Waals surface area contributed by atoms with Gasteiger partial charge in [-0.3, -0.25) is 4.79 Å². The summed E-state index contributed by atoms with van der Waals surface area (Å²) in [5.41, 5.74) is -1.89. The summed E-state index contributed by atoms with van der Waals surface area (Å²) in [6.45, 7) is 6.60. The molecule has 0 saturated heterocycles. The Bertz CT molecular complexity index is 560. The first kappa shape index (κ1) is 20.2. The van der Waals surface area contributed by atoms with E-state index in [0.29, 0.717) is 0 Å².